The largest absolute Gasteiger partial charge is 0.464 e. The van der Waals surface area contributed by atoms with Crippen LogP contribution in [0, 0.1) is 0 Å². The summed E-state index contributed by atoms with van der Waals surface area (Å²) in [5.74, 6) is -1.02. The number of rotatable bonds is 4. The van der Waals surface area contributed by atoms with Gasteiger partial charge < -0.3 is 10.2 Å². The quantitative estimate of drug-likeness (QED) is 0.323. The van der Waals surface area contributed by atoms with Crippen LogP contribution in [0.15, 0.2) is 97.1 Å². The van der Waals surface area contributed by atoms with Crippen molar-refractivity contribution in [3.63, 3.8) is 0 Å². The highest BCUT2D eigenvalue weighted by atomic mass is 16.4. The van der Waals surface area contributed by atoms with Gasteiger partial charge in [-0.2, -0.15) is 0 Å². The molecule has 4 aromatic carbocycles. The van der Waals surface area contributed by atoms with Gasteiger partial charge in [0.05, 0.1) is 28.3 Å². The fraction of sp³-hybridized carbons (Fsp3) is 0. The van der Waals surface area contributed by atoms with Gasteiger partial charge in [0.25, 0.3) is 0 Å². The Hall–Kier alpha value is -5.24. The van der Waals surface area contributed by atoms with Gasteiger partial charge in [-0.05, 0) is 36.4 Å². The van der Waals surface area contributed by atoms with E-state index in [1.54, 1.807) is 60.7 Å². The number of benzene rings is 4. The van der Waals surface area contributed by atoms with E-state index in [1.807, 2.05) is 0 Å². The van der Waals surface area contributed by atoms with Crippen LogP contribution in [0.4, 0.5) is 32.3 Å². The van der Waals surface area contributed by atoms with Gasteiger partial charge in [0.1, 0.15) is 0 Å². The van der Waals surface area contributed by atoms with Crippen molar-refractivity contribution in [2.24, 2.45) is 0 Å². The molecule has 0 bridgehead atoms. The van der Waals surface area contributed by atoms with Gasteiger partial charge in [0.15, 0.2) is 11.6 Å². The van der Waals surface area contributed by atoms with Crippen LogP contribution >= 0.6 is 0 Å². The van der Waals surface area contributed by atoms with Gasteiger partial charge >= 0.3 is 12.2 Å². The van der Waals surface area contributed by atoms with Crippen LogP contribution in [0.5, 0.6) is 0 Å². The Labute approximate surface area is 205 Å². The lowest BCUT2D eigenvalue weighted by molar-refractivity contribution is 0.0979. The average Bonchev–Trinajstić information content (AvgIpc) is 2.89. The second-order valence-electron chi connectivity index (χ2n) is 7.97. The molecule has 0 saturated carbocycles. The van der Waals surface area contributed by atoms with Crippen molar-refractivity contribution in [3.8, 4) is 0 Å². The van der Waals surface area contributed by atoms with Gasteiger partial charge in [0.2, 0.25) is 0 Å². The van der Waals surface area contributed by atoms with Crippen LogP contribution in [-0.2, 0) is 0 Å². The summed E-state index contributed by atoms with van der Waals surface area (Å²) in [5, 5.41) is 20.5. The van der Waals surface area contributed by atoms with E-state index < -0.39 is 23.8 Å². The van der Waals surface area contributed by atoms with Crippen LogP contribution in [-0.4, -0.2) is 34.0 Å². The van der Waals surface area contributed by atoms with Gasteiger partial charge in [-0.3, -0.25) is 9.59 Å². The first-order chi connectivity index (χ1) is 17.4. The molecule has 1 aliphatic carbocycles. The van der Waals surface area contributed by atoms with Crippen LogP contribution in [0.25, 0.3) is 0 Å². The lowest BCUT2D eigenvalue weighted by atomic mass is 9.82. The van der Waals surface area contributed by atoms with Crippen molar-refractivity contribution in [1.82, 2.24) is 0 Å². The molecular formula is C28H18N2O6. The third-order valence-electron chi connectivity index (χ3n) is 5.92. The Kier molecular flexibility index (Phi) is 5.54. The van der Waals surface area contributed by atoms with E-state index in [4.69, 9.17) is 0 Å². The maximum Gasteiger partial charge on any atom is 0.416 e. The summed E-state index contributed by atoms with van der Waals surface area (Å²) in [4.78, 5) is 54.0. The number of hydrogen-bond acceptors (Lipinski definition) is 4. The molecule has 36 heavy (non-hydrogen) atoms. The molecule has 0 heterocycles. The van der Waals surface area contributed by atoms with Crippen LogP contribution < -0.4 is 9.80 Å². The smallest absolute Gasteiger partial charge is 0.416 e. The third kappa shape index (κ3) is 3.57. The molecule has 0 aromatic heterocycles. The summed E-state index contributed by atoms with van der Waals surface area (Å²) in [6.07, 6.45) is -2.84. The van der Waals surface area contributed by atoms with Crippen molar-refractivity contribution in [3.05, 3.63) is 119 Å². The van der Waals surface area contributed by atoms with E-state index >= 15 is 0 Å². The monoisotopic (exact) mass is 478 g/mol. The maximum atomic E-state index is 13.8. The average molecular weight is 478 g/mol. The van der Waals surface area contributed by atoms with Gasteiger partial charge in [0, 0.05) is 16.7 Å². The lowest BCUT2D eigenvalue weighted by Gasteiger charge is -2.31. The molecule has 8 nitrogen and oxygen atoms in total. The van der Waals surface area contributed by atoms with Crippen molar-refractivity contribution >= 4 is 46.5 Å². The molecule has 5 rings (SSSR count). The minimum absolute atomic E-state index is 0.00182. The molecule has 8 heteroatoms. The molecular weight excluding hydrogens is 460 g/mol. The molecule has 176 valence electrons. The number of fused-ring (bicyclic) bond motifs is 2. The molecule has 1 aliphatic rings. The number of carboxylic acid groups (broad SMARTS) is 2. The zero-order chi connectivity index (χ0) is 25.4. The molecule has 2 amide bonds. The van der Waals surface area contributed by atoms with Crippen molar-refractivity contribution in [2.75, 3.05) is 9.80 Å². The molecule has 4 aromatic rings. The van der Waals surface area contributed by atoms with Crippen LogP contribution in [0.3, 0.4) is 0 Å². The third-order valence-corrected chi connectivity index (χ3v) is 5.92. The number of ketones is 2. The molecule has 0 aliphatic heterocycles. The Morgan fingerprint density at radius 2 is 1.00 bits per heavy atom. The number of hydrogen-bond donors (Lipinski definition) is 2. The second kappa shape index (κ2) is 8.84. The van der Waals surface area contributed by atoms with Gasteiger partial charge in [-0.15, -0.1) is 0 Å². The topological polar surface area (TPSA) is 115 Å². The number of amides is 2. The highest BCUT2D eigenvalue weighted by Crippen LogP contribution is 2.45. The summed E-state index contributed by atoms with van der Waals surface area (Å²) >= 11 is 0. The first-order valence-corrected chi connectivity index (χ1v) is 10.9. The number of para-hydroxylation sites is 2. The first-order valence-electron chi connectivity index (χ1n) is 10.9. The molecule has 0 spiro atoms. The summed E-state index contributed by atoms with van der Waals surface area (Å²) in [6.45, 7) is 0. The van der Waals surface area contributed by atoms with Crippen LogP contribution in [0.1, 0.15) is 31.8 Å². The van der Waals surface area contributed by atoms with E-state index in [9.17, 15) is 29.4 Å². The minimum Gasteiger partial charge on any atom is -0.464 e. The number of carbonyl (C=O) groups excluding carboxylic acids is 2. The summed E-state index contributed by atoms with van der Waals surface area (Å²) < 4.78 is 0. The van der Waals surface area contributed by atoms with Crippen molar-refractivity contribution in [1.29, 1.82) is 0 Å². The van der Waals surface area contributed by atoms with E-state index in [1.165, 1.54) is 36.4 Å². The Bertz CT molecular complexity index is 1530. The van der Waals surface area contributed by atoms with E-state index in [0.29, 0.717) is 0 Å². The van der Waals surface area contributed by atoms with E-state index in [2.05, 4.69) is 0 Å². The predicted octanol–water partition coefficient (Wildman–Crippen LogP) is 6.09. The SMILES string of the molecule is O=C1c2ccccc2C(=O)c2c1ccc(N(C(=O)O)c1ccccc1)c2N(C(=O)O)c1ccccc1. The molecule has 0 unspecified atom stereocenters. The Balaban J connectivity index is 1.88. The van der Waals surface area contributed by atoms with E-state index in [-0.39, 0.29) is 45.0 Å². The predicted molar refractivity (Wildman–Crippen MR) is 133 cm³/mol. The summed E-state index contributed by atoms with van der Waals surface area (Å²) in [6, 6.07) is 25.1. The van der Waals surface area contributed by atoms with Gasteiger partial charge in [-0.1, -0.05) is 60.7 Å². The number of carbonyl (C=O) groups is 4. The Morgan fingerprint density at radius 3 is 1.53 bits per heavy atom. The highest BCUT2D eigenvalue weighted by molar-refractivity contribution is 6.32. The standard InChI is InChI=1S/C28H18N2O6/c31-25-19-13-7-8-14-20(19)26(32)23-21(25)15-16-22(29(27(33)34)17-9-3-1-4-10-17)24(23)30(28(35)36)18-11-5-2-6-12-18/h1-16H,(H,33,34)(H,35,36). The van der Waals surface area contributed by atoms with Crippen molar-refractivity contribution in [2.45, 2.75) is 0 Å². The molecule has 0 radical (unpaired) electrons. The summed E-state index contributed by atoms with van der Waals surface area (Å²) in [7, 11) is 0. The van der Waals surface area contributed by atoms with Gasteiger partial charge in [-0.25, -0.2) is 19.4 Å². The lowest BCUT2D eigenvalue weighted by Crippen LogP contribution is -2.33. The zero-order valence-electron chi connectivity index (χ0n) is 18.7. The fourth-order valence-corrected chi connectivity index (χ4v) is 4.41. The summed E-state index contributed by atoms with van der Waals surface area (Å²) in [5.41, 5.74) is 0.255. The second-order valence-corrected chi connectivity index (χ2v) is 7.97. The maximum absolute atomic E-state index is 13.8. The minimum atomic E-state index is -1.45. The first kappa shape index (κ1) is 22.5. The molecule has 0 fully saturated rings. The normalized spacial score (nSPS) is 11.9. The number of anilines is 4. The fourth-order valence-electron chi connectivity index (χ4n) is 4.41. The zero-order valence-corrected chi connectivity index (χ0v) is 18.7. The van der Waals surface area contributed by atoms with E-state index in [0.717, 1.165) is 9.80 Å². The number of nitrogens with zero attached hydrogens (tertiary/aromatic N) is 2. The van der Waals surface area contributed by atoms with Crippen LogP contribution in [0.2, 0.25) is 0 Å². The molecule has 0 atom stereocenters. The Morgan fingerprint density at radius 1 is 0.528 bits per heavy atom. The molecule has 2 N–H and O–H groups in total. The molecule has 0 saturated heterocycles. The van der Waals surface area contributed by atoms with Crippen molar-refractivity contribution < 1.29 is 29.4 Å². The highest BCUT2D eigenvalue weighted by Gasteiger charge is 2.38.